The molecule has 0 fully saturated rings. The van der Waals surface area contributed by atoms with Crippen LogP contribution >= 0.6 is 0 Å². The number of nitrogens with zero attached hydrogens (tertiary/aromatic N) is 1. The standard InChI is InChI=1S/C9H16N4O2S/c1-6(3-4-16(2)15)13-8-7(10)9(14)12-5-11-8/h5-6H,3-4,10H2,1-2H3,(H2,11,12,13,14). The maximum absolute atomic E-state index is 11.2. The molecule has 6 nitrogen and oxygen atoms in total. The van der Waals surface area contributed by atoms with Crippen molar-refractivity contribution in [3.05, 3.63) is 16.7 Å². The number of hydrogen-bond acceptors (Lipinski definition) is 5. The van der Waals surface area contributed by atoms with Crippen LogP contribution in [-0.2, 0) is 10.8 Å². The molecule has 0 radical (unpaired) electrons. The third kappa shape index (κ3) is 3.65. The van der Waals surface area contributed by atoms with Crippen LogP contribution in [0.2, 0.25) is 0 Å². The van der Waals surface area contributed by atoms with E-state index in [-0.39, 0.29) is 17.3 Å². The molecule has 2 unspecified atom stereocenters. The van der Waals surface area contributed by atoms with Crippen molar-refractivity contribution >= 4 is 22.3 Å². The van der Waals surface area contributed by atoms with Crippen LogP contribution in [0.5, 0.6) is 0 Å². The quantitative estimate of drug-likeness (QED) is 0.672. The lowest BCUT2D eigenvalue weighted by molar-refractivity contribution is 0.678. The van der Waals surface area contributed by atoms with E-state index in [9.17, 15) is 9.00 Å². The van der Waals surface area contributed by atoms with Gasteiger partial charge in [-0.05, 0) is 13.3 Å². The van der Waals surface area contributed by atoms with E-state index in [1.165, 1.54) is 6.33 Å². The Balaban J connectivity index is 2.62. The van der Waals surface area contributed by atoms with Crippen molar-refractivity contribution in [1.82, 2.24) is 9.97 Å². The van der Waals surface area contributed by atoms with Crippen LogP contribution in [0.1, 0.15) is 13.3 Å². The molecule has 4 N–H and O–H groups in total. The summed E-state index contributed by atoms with van der Waals surface area (Å²) < 4.78 is 10.9. The Kier molecular flexibility index (Phi) is 4.48. The van der Waals surface area contributed by atoms with Gasteiger partial charge in [-0.2, -0.15) is 0 Å². The van der Waals surface area contributed by atoms with Gasteiger partial charge in [-0.1, -0.05) is 0 Å². The normalized spacial score (nSPS) is 14.4. The molecule has 0 saturated carbocycles. The van der Waals surface area contributed by atoms with Gasteiger partial charge in [0.2, 0.25) is 0 Å². The summed E-state index contributed by atoms with van der Waals surface area (Å²) in [5, 5.41) is 3.02. The first-order valence-electron chi connectivity index (χ1n) is 4.90. The Morgan fingerprint density at radius 3 is 3.00 bits per heavy atom. The molecular weight excluding hydrogens is 228 g/mol. The van der Waals surface area contributed by atoms with E-state index in [1.54, 1.807) is 6.26 Å². The average molecular weight is 244 g/mol. The van der Waals surface area contributed by atoms with Crippen molar-refractivity contribution in [1.29, 1.82) is 0 Å². The van der Waals surface area contributed by atoms with Gasteiger partial charge in [-0.15, -0.1) is 0 Å². The second kappa shape index (κ2) is 5.64. The summed E-state index contributed by atoms with van der Waals surface area (Å²) in [6.07, 6.45) is 3.69. The molecule has 1 rings (SSSR count). The van der Waals surface area contributed by atoms with E-state index in [0.717, 1.165) is 6.42 Å². The smallest absolute Gasteiger partial charge is 0.276 e. The fraction of sp³-hybridized carbons (Fsp3) is 0.556. The lowest BCUT2D eigenvalue weighted by Gasteiger charge is -2.14. The first-order valence-corrected chi connectivity index (χ1v) is 6.63. The van der Waals surface area contributed by atoms with E-state index < -0.39 is 10.8 Å². The zero-order chi connectivity index (χ0) is 12.1. The van der Waals surface area contributed by atoms with E-state index in [4.69, 9.17) is 5.73 Å². The first kappa shape index (κ1) is 12.7. The number of rotatable bonds is 5. The first-order chi connectivity index (χ1) is 7.50. The average Bonchev–Trinajstić information content (AvgIpc) is 2.22. The van der Waals surface area contributed by atoms with Gasteiger partial charge >= 0.3 is 0 Å². The zero-order valence-electron chi connectivity index (χ0n) is 9.32. The van der Waals surface area contributed by atoms with Crippen LogP contribution in [0.3, 0.4) is 0 Å². The summed E-state index contributed by atoms with van der Waals surface area (Å²) in [6, 6.07) is 0.0699. The molecule has 0 aliphatic rings. The summed E-state index contributed by atoms with van der Waals surface area (Å²) in [4.78, 5) is 17.5. The second-order valence-electron chi connectivity index (χ2n) is 3.61. The topological polar surface area (TPSA) is 101 Å². The molecule has 0 aliphatic carbocycles. The fourth-order valence-corrected chi connectivity index (χ4v) is 1.86. The number of aromatic nitrogens is 2. The van der Waals surface area contributed by atoms with Crippen molar-refractivity contribution in [3.8, 4) is 0 Å². The highest BCUT2D eigenvalue weighted by molar-refractivity contribution is 7.84. The predicted octanol–water partition coefficient (Wildman–Crippen LogP) is -0.0789. The van der Waals surface area contributed by atoms with Crippen molar-refractivity contribution in [2.75, 3.05) is 23.1 Å². The van der Waals surface area contributed by atoms with Gasteiger partial charge in [-0.3, -0.25) is 9.00 Å². The minimum absolute atomic E-state index is 0.0699. The molecular formula is C9H16N4O2S. The maximum Gasteiger partial charge on any atom is 0.276 e. The van der Waals surface area contributed by atoms with Gasteiger partial charge in [0.25, 0.3) is 5.56 Å². The Morgan fingerprint density at radius 1 is 1.69 bits per heavy atom. The second-order valence-corrected chi connectivity index (χ2v) is 5.16. The van der Waals surface area contributed by atoms with Gasteiger partial charge in [0, 0.05) is 28.9 Å². The lowest BCUT2D eigenvalue weighted by Crippen LogP contribution is -2.22. The Morgan fingerprint density at radius 2 is 2.38 bits per heavy atom. The van der Waals surface area contributed by atoms with Crippen LogP contribution in [0, 0.1) is 0 Å². The van der Waals surface area contributed by atoms with Gasteiger partial charge in [0.15, 0.2) is 5.82 Å². The fourth-order valence-electron chi connectivity index (χ4n) is 1.17. The molecule has 1 aromatic heterocycles. The summed E-state index contributed by atoms with van der Waals surface area (Å²) in [7, 11) is -0.813. The van der Waals surface area contributed by atoms with E-state index in [1.807, 2.05) is 6.92 Å². The number of nitrogens with two attached hydrogens (primary N) is 1. The van der Waals surface area contributed by atoms with Crippen molar-refractivity contribution in [2.45, 2.75) is 19.4 Å². The summed E-state index contributed by atoms with van der Waals surface area (Å²) in [5.41, 5.74) is 5.28. The summed E-state index contributed by atoms with van der Waals surface area (Å²) in [5.74, 6) is 0.982. The largest absolute Gasteiger partial charge is 0.391 e. The van der Waals surface area contributed by atoms with Crippen LogP contribution in [0.4, 0.5) is 11.5 Å². The number of anilines is 2. The highest BCUT2D eigenvalue weighted by Crippen LogP contribution is 2.10. The molecule has 0 aliphatic heterocycles. The third-order valence-corrected chi connectivity index (χ3v) is 2.92. The number of hydrogen-bond donors (Lipinski definition) is 3. The minimum Gasteiger partial charge on any atom is -0.391 e. The maximum atomic E-state index is 11.2. The van der Waals surface area contributed by atoms with Crippen LogP contribution in [-0.4, -0.2) is 32.2 Å². The van der Waals surface area contributed by atoms with Gasteiger partial charge in [-0.25, -0.2) is 4.98 Å². The van der Waals surface area contributed by atoms with Gasteiger partial charge in [0.05, 0.1) is 6.33 Å². The van der Waals surface area contributed by atoms with Crippen LogP contribution < -0.4 is 16.6 Å². The summed E-state index contributed by atoms with van der Waals surface area (Å²) in [6.45, 7) is 1.93. The number of nitrogens with one attached hydrogen (secondary N) is 2. The van der Waals surface area contributed by atoms with Crippen molar-refractivity contribution in [2.24, 2.45) is 0 Å². The zero-order valence-corrected chi connectivity index (χ0v) is 10.1. The molecule has 0 saturated heterocycles. The molecule has 7 heteroatoms. The van der Waals surface area contributed by atoms with Gasteiger partial charge in [0.1, 0.15) is 5.69 Å². The molecule has 90 valence electrons. The SMILES string of the molecule is CC(CCS(C)=O)Nc1nc[nH]c(=O)c1N. The predicted molar refractivity (Wildman–Crippen MR) is 65.9 cm³/mol. The number of aromatic amines is 1. The highest BCUT2D eigenvalue weighted by Gasteiger charge is 2.08. The third-order valence-electron chi connectivity index (χ3n) is 2.11. The Hall–Kier alpha value is -1.37. The van der Waals surface area contributed by atoms with Gasteiger partial charge < -0.3 is 16.0 Å². The number of H-pyrrole nitrogens is 1. The van der Waals surface area contributed by atoms with Crippen molar-refractivity contribution < 1.29 is 4.21 Å². The highest BCUT2D eigenvalue weighted by atomic mass is 32.2. The number of nitrogen functional groups attached to an aromatic ring is 1. The molecule has 0 bridgehead atoms. The molecule has 1 aromatic rings. The summed E-state index contributed by atoms with van der Waals surface area (Å²) >= 11 is 0. The van der Waals surface area contributed by atoms with E-state index in [2.05, 4.69) is 15.3 Å². The van der Waals surface area contributed by atoms with E-state index in [0.29, 0.717) is 11.6 Å². The Bertz CT molecular complexity index is 432. The molecule has 0 aromatic carbocycles. The van der Waals surface area contributed by atoms with Crippen molar-refractivity contribution in [3.63, 3.8) is 0 Å². The molecule has 16 heavy (non-hydrogen) atoms. The Labute approximate surface area is 96.1 Å². The van der Waals surface area contributed by atoms with E-state index >= 15 is 0 Å². The molecule has 1 heterocycles. The van der Waals surface area contributed by atoms with Crippen LogP contribution in [0.25, 0.3) is 0 Å². The molecule has 0 amide bonds. The van der Waals surface area contributed by atoms with Crippen LogP contribution in [0.15, 0.2) is 11.1 Å². The lowest BCUT2D eigenvalue weighted by atomic mass is 10.2. The molecule has 2 atom stereocenters. The minimum atomic E-state index is -0.813. The monoisotopic (exact) mass is 244 g/mol. The molecule has 0 spiro atoms.